The van der Waals surface area contributed by atoms with Gasteiger partial charge in [0, 0.05) is 11.3 Å². The number of anilines is 1. The fourth-order valence-corrected chi connectivity index (χ4v) is 4.92. The molecule has 10 heteroatoms. The Kier molecular flexibility index (Phi) is 6.71. The number of nitrogens with one attached hydrogen (secondary N) is 1. The zero-order valence-electron chi connectivity index (χ0n) is 16.3. The number of carbonyl (C=O) groups is 2. The van der Waals surface area contributed by atoms with Crippen LogP contribution in [-0.2, 0) is 22.5 Å². The number of aryl methyl sites for hydroxylation is 1. The Bertz CT molecular complexity index is 798. The largest absolute Gasteiger partial charge is 0.464 e. The van der Waals surface area contributed by atoms with E-state index in [-0.39, 0.29) is 11.3 Å². The van der Waals surface area contributed by atoms with Crippen LogP contribution in [0.5, 0.6) is 0 Å². The molecule has 28 heavy (non-hydrogen) atoms. The molecule has 0 saturated heterocycles. The molecule has 1 aliphatic carbocycles. The van der Waals surface area contributed by atoms with Crippen molar-refractivity contribution in [2.24, 2.45) is 5.41 Å². The van der Waals surface area contributed by atoms with E-state index < -0.39 is 5.97 Å². The van der Waals surface area contributed by atoms with Crippen LogP contribution in [0.4, 0.5) is 5.13 Å². The van der Waals surface area contributed by atoms with Gasteiger partial charge in [0.2, 0.25) is 5.91 Å². The smallest absolute Gasteiger partial charge is 0.357 e. The molecule has 1 N–H and O–H groups in total. The summed E-state index contributed by atoms with van der Waals surface area (Å²) in [7, 11) is 1.33. The van der Waals surface area contributed by atoms with E-state index in [9.17, 15) is 9.59 Å². The average molecular weight is 407 g/mol. The van der Waals surface area contributed by atoms with E-state index in [2.05, 4.69) is 25.8 Å². The fourth-order valence-electron chi connectivity index (χ4n) is 3.85. The van der Waals surface area contributed by atoms with Crippen LogP contribution >= 0.6 is 11.3 Å². The van der Waals surface area contributed by atoms with E-state index >= 15 is 0 Å². The normalized spacial score (nSPS) is 15.9. The van der Waals surface area contributed by atoms with Gasteiger partial charge >= 0.3 is 5.97 Å². The van der Waals surface area contributed by atoms with Crippen molar-refractivity contribution in [3.05, 3.63) is 16.9 Å². The first-order valence-corrected chi connectivity index (χ1v) is 10.5. The predicted molar refractivity (Wildman–Crippen MR) is 104 cm³/mol. The van der Waals surface area contributed by atoms with Gasteiger partial charge in [-0.3, -0.25) is 4.79 Å². The predicted octanol–water partition coefficient (Wildman–Crippen LogP) is 2.85. The summed E-state index contributed by atoms with van der Waals surface area (Å²) in [6.07, 6.45) is 8.89. The molecule has 0 atom stereocenters. The van der Waals surface area contributed by atoms with Crippen molar-refractivity contribution in [2.45, 2.75) is 64.8 Å². The minimum Gasteiger partial charge on any atom is -0.464 e. The van der Waals surface area contributed by atoms with Crippen LogP contribution in [0, 0.1) is 5.41 Å². The summed E-state index contributed by atoms with van der Waals surface area (Å²) in [6.45, 7) is 2.66. The lowest BCUT2D eigenvalue weighted by Crippen LogP contribution is -2.34. The second-order valence-corrected chi connectivity index (χ2v) is 8.41. The maximum absolute atomic E-state index is 12.8. The molecule has 1 aliphatic rings. The second kappa shape index (κ2) is 9.22. The second-order valence-electron chi connectivity index (χ2n) is 7.33. The van der Waals surface area contributed by atoms with Gasteiger partial charge in [-0.2, -0.15) is 0 Å². The minimum absolute atomic E-state index is 0.0943. The Labute approximate surface area is 167 Å². The summed E-state index contributed by atoms with van der Waals surface area (Å²) in [5, 5.41) is 14.7. The van der Waals surface area contributed by atoms with Crippen LogP contribution in [-0.4, -0.2) is 44.2 Å². The highest BCUT2D eigenvalue weighted by Crippen LogP contribution is 2.41. The molecular formula is C18H26N6O3S. The highest BCUT2D eigenvalue weighted by Gasteiger charge is 2.35. The highest BCUT2D eigenvalue weighted by atomic mass is 32.1. The number of amides is 1. The number of aromatic nitrogens is 5. The van der Waals surface area contributed by atoms with Gasteiger partial charge in [0.25, 0.3) is 0 Å². The lowest BCUT2D eigenvalue weighted by atomic mass is 9.71. The van der Waals surface area contributed by atoms with E-state index in [0.29, 0.717) is 23.8 Å². The van der Waals surface area contributed by atoms with E-state index in [1.165, 1.54) is 24.9 Å². The summed E-state index contributed by atoms with van der Waals surface area (Å²) >= 11 is 1.34. The maximum Gasteiger partial charge on any atom is 0.357 e. The van der Waals surface area contributed by atoms with Crippen LogP contribution < -0.4 is 5.32 Å². The van der Waals surface area contributed by atoms with Crippen molar-refractivity contribution in [2.75, 3.05) is 12.4 Å². The van der Waals surface area contributed by atoms with Crippen LogP contribution in [0.3, 0.4) is 0 Å². The van der Waals surface area contributed by atoms with Gasteiger partial charge in [-0.1, -0.05) is 32.6 Å². The zero-order chi connectivity index (χ0) is 20.0. The summed E-state index contributed by atoms with van der Waals surface area (Å²) in [4.78, 5) is 29.9. The summed E-state index contributed by atoms with van der Waals surface area (Å²) < 4.78 is 6.51. The molecule has 0 bridgehead atoms. The molecule has 152 valence electrons. The van der Waals surface area contributed by atoms with Crippen molar-refractivity contribution in [3.8, 4) is 0 Å². The van der Waals surface area contributed by atoms with Gasteiger partial charge in [0.05, 0.1) is 13.7 Å². The van der Waals surface area contributed by atoms with E-state index in [1.807, 2.05) is 6.92 Å². The molecule has 2 aromatic rings. The third kappa shape index (κ3) is 4.92. The van der Waals surface area contributed by atoms with Crippen LogP contribution in [0.2, 0.25) is 0 Å². The first-order valence-electron chi connectivity index (χ1n) is 9.64. The number of rotatable bonds is 8. The molecule has 0 spiro atoms. The van der Waals surface area contributed by atoms with Gasteiger partial charge in [-0.15, -0.1) is 16.4 Å². The molecular weight excluding hydrogens is 380 g/mol. The quantitative estimate of drug-likeness (QED) is 0.671. The van der Waals surface area contributed by atoms with Crippen molar-refractivity contribution in [3.63, 3.8) is 0 Å². The topological polar surface area (TPSA) is 112 Å². The standard InChI is InChI=1S/C18H26N6O3S/c1-3-7-13-15(16(26)27-2)21-17(28-13)20-14(25)10-18(8-5-4-6-9-18)11-24-12-19-22-23-24/h12H,3-11H2,1-2H3,(H,20,21,25). The van der Waals surface area contributed by atoms with Gasteiger partial charge in [0.1, 0.15) is 6.33 Å². The first kappa shape index (κ1) is 20.4. The number of methoxy groups -OCH3 is 1. The molecule has 0 unspecified atom stereocenters. The highest BCUT2D eigenvalue weighted by molar-refractivity contribution is 7.16. The Morgan fingerprint density at radius 1 is 1.32 bits per heavy atom. The van der Waals surface area contributed by atoms with Crippen molar-refractivity contribution < 1.29 is 14.3 Å². The van der Waals surface area contributed by atoms with Crippen LogP contribution in [0.1, 0.15) is 67.2 Å². The Morgan fingerprint density at radius 2 is 2.11 bits per heavy atom. The number of esters is 1. The van der Waals surface area contributed by atoms with E-state index in [1.54, 1.807) is 11.0 Å². The molecule has 3 rings (SSSR count). The number of hydrogen-bond donors (Lipinski definition) is 1. The van der Waals surface area contributed by atoms with Crippen LogP contribution in [0.25, 0.3) is 0 Å². The van der Waals surface area contributed by atoms with Gasteiger partial charge < -0.3 is 10.1 Å². The number of thiazole rings is 1. The third-order valence-corrected chi connectivity index (χ3v) is 6.17. The number of nitrogens with zero attached hydrogens (tertiary/aromatic N) is 5. The van der Waals surface area contributed by atoms with Gasteiger partial charge in [0.15, 0.2) is 10.8 Å². The minimum atomic E-state index is -0.470. The number of ether oxygens (including phenoxy) is 1. The lowest BCUT2D eigenvalue weighted by molar-refractivity contribution is -0.119. The SMILES string of the molecule is CCCc1sc(NC(=O)CC2(Cn3cnnn3)CCCCC2)nc1C(=O)OC. The molecule has 2 heterocycles. The molecule has 1 fully saturated rings. The Morgan fingerprint density at radius 3 is 2.75 bits per heavy atom. The number of carbonyl (C=O) groups excluding carboxylic acids is 2. The molecule has 1 amide bonds. The Balaban J connectivity index is 1.71. The summed E-state index contributed by atoms with van der Waals surface area (Å²) in [5.41, 5.74) is 0.137. The average Bonchev–Trinajstić information content (AvgIpc) is 3.31. The van der Waals surface area contributed by atoms with Gasteiger partial charge in [-0.05, 0) is 35.1 Å². The van der Waals surface area contributed by atoms with Crippen LogP contribution in [0.15, 0.2) is 6.33 Å². The molecule has 2 aromatic heterocycles. The van der Waals surface area contributed by atoms with Crippen molar-refractivity contribution >= 4 is 28.3 Å². The molecule has 1 saturated carbocycles. The fraction of sp³-hybridized carbons (Fsp3) is 0.667. The van der Waals surface area contributed by atoms with E-state index in [0.717, 1.165) is 43.4 Å². The molecule has 0 aliphatic heterocycles. The first-order chi connectivity index (χ1) is 13.5. The lowest BCUT2D eigenvalue weighted by Gasteiger charge is -2.36. The Hall–Kier alpha value is -2.36. The van der Waals surface area contributed by atoms with Gasteiger partial charge in [-0.25, -0.2) is 14.5 Å². The monoisotopic (exact) mass is 406 g/mol. The maximum atomic E-state index is 12.8. The third-order valence-electron chi connectivity index (χ3n) is 5.14. The molecule has 9 nitrogen and oxygen atoms in total. The summed E-state index contributed by atoms with van der Waals surface area (Å²) in [6, 6.07) is 0. The van der Waals surface area contributed by atoms with Crippen molar-refractivity contribution in [1.29, 1.82) is 0 Å². The number of hydrogen-bond acceptors (Lipinski definition) is 8. The van der Waals surface area contributed by atoms with Crippen molar-refractivity contribution in [1.82, 2.24) is 25.2 Å². The zero-order valence-corrected chi connectivity index (χ0v) is 17.1. The summed E-state index contributed by atoms with van der Waals surface area (Å²) in [5.74, 6) is -0.564. The number of tetrazole rings is 1. The molecule has 0 aromatic carbocycles. The van der Waals surface area contributed by atoms with E-state index in [4.69, 9.17) is 4.74 Å². The molecule has 0 radical (unpaired) electrons.